The molecule has 0 spiro atoms. The fourth-order valence-corrected chi connectivity index (χ4v) is 2.73. The molecule has 0 saturated carbocycles. The SMILES string of the molecule is CC(C(=O)O)c1ccc(CN(C)CC2CCCCO2)cc1. The van der Waals surface area contributed by atoms with Gasteiger partial charge in [0.15, 0.2) is 0 Å². The Morgan fingerprint density at radius 3 is 2.67 bits per heavy atom. The molecule has 4 nitrogen and oxygen atoms in total. The summed E-state index contributed by atoms with van der Waals surface area (Å²) in [7, 11) is 2.10. The van der Waals surface area contributed by atoms with E-state index in [0.717, 1.165) is 31.7 Å². The van der Waals surface area contributed by atoms with Crippen molar-refractivity contribution in [3.8, 4) is 0 Å². The van der Waals surface area contributed by atoms with Crippen LogP contribution in [0, 0.1) is 0 Å². The first-order chi connectivity index (χ1) is 10.1. The van der Waals surface area contributed by atoms with Gasteiger partial charge in [0.2, 0.25) is 0 Å². The molecule has 1 fully saturated rings. The third-order valence-electron chi connectivity index (χ3n) is 4.09. The van der Waals surface area contributed by atoms with E-state index in [1.54, 1.807) is 6.92 Å². The highest BCUT2D eigenvalue weighted by molar-refractivity contribution is 5.75. The van der Waals surface area contributed by atoms with E-state index >= 15 is 0 Å². The van der Waals surface area contributed by atoms with Crippen molar-refractivity contribution < 1.29 is 14.6 Å². The Hall–Kier alpha value is -1.39. The van der Waals surface area contributed by atoms with Crippen molar-refractivity contribution in [1.82, 2.24) is 4.90 Å². The van der Waals surface area contributed by atoms with E-state index in [4.69, 9.17) is 9.84 Å². The standard InChI is InChI=1S/C17H25NO3/c1-13(17(19)20)15-8-6-14(7-9-15)11-18(2)12-16-5-3-4-10-21-16/h6-9,13,16H,3-5,10-12H2,1-2H3,(H,19,20). The Bertz CT molecular complexity index is 452. The summed E-state index contributed by atoms with van der Waals surface area (Å²) in [6.45, 7) is 4.42. The quantitative estimate of drug-likeness (QED) is 0.875. The molecular formula is C17H25NO3. The Labute approximate surface area is 126 Å². The second-order valence-electron chi connectivity index (χ2n) is 5.99. The van der Waals surface area contributed by atoms with Gasteiger partial charge in [-0.3, -0.25) is 9.69 Å². The monoisotopic (exact) mass is 291 g/mol. The molecule has 2 atom stereocenters. The third-order valence-corrected chi connectivity index (χ3v) is 4.09. The van der Waals surface area contributed by atoms with E-state index in [0.29, 0.717) is 6.10 Å². The predicted octanol–water partition coefficient (Wildman–Crippen LogP) is 2.88. The molecule has 2 rings (SSSR count). The van der Waals surface area contributed by atoms with Gasteiger partial charge in [0, 0.05) is 19.7 Å². The zero-order valence-electron chi connectivity index (χ0n) is 12.9. The molecule has 0 amide bonds. The summed E-state index contributed by atoms with van der Waals surface area (Å²) in [6, 6.07) is 7.87. The van der Waals surface area contributed by atoms with Crippen LogP contribution in [0.2, 0.25) is 0 Å². The molecule has 1 N–H and O–H groups in total. The van der Waals surface area contributed by atoms with E-state index in [1.165, 1.54) is 18.4 Å². The van der Waals surface area contributed by atoms with E-state index < -0.39 is 11.9 Å². The van der Waals surface area contributed by atoms with E-state index in [9.17, 15) is 4.79 Å². The Balaban J connectivity index is 1.86. The van der Waals surface area contributed by atoms with Gasteiger partial charge < -0.3 is 9.84 Å². The smallest absolute Gasteiger partial charge is 0.310 e. The van der Waals surface area contributed by atoms with E-state index in [2.05, 4.69) is 11.9 Å². The highest BCUT2D eigenvalue weighted by Gasteiger charge is 2.16. The minimum absolute atomic E-state index is 0.357. The molecular weight excluding hydrogens is 266 g/mol. The van der Waals surface area contributed by atoms with Gasteiger partial charge in [-0.2, -0.15) is 0 Å². The fraction of sp³-hybridized carbons (Fsp3) is 0.588. The molecule has 0 aromatic heterocycles. The molecule has 2 unspecified atom stereocenters. The number of nitrogens with zero attached hydrogens (tertiary/aromatic N) is 1. The lowest BCUT2D eigenvalue weighted by Gasteiger charge is -2.27. The summed E-state index contributed by atoms with van der Waals surface area (Å²) in [6.07, 6.45) is 3.96. The molecule has 1 saturated heterocycles. The first kappa shape index (κ1) is 16.0. The summed E-state index contributed by atoms with van der Waals surface area (Å²) >= 11 is 0. The lowest BCUT2D eigenvalue weighted by Crippen LogP contribution is -2.33. The van der Waals surface area contributed by atoms with Crippen molar-refractivity contribution in [3.63, 3.8) is 0 Å². The molecule has 1 aromatic carbocycles. The zero-order valence-corrected chi connectivity index (χ0v) is 12.9. The lowest BCUT2D eigenvalue weighted by molar-refractivity contribution is -0.138. The highest BCUT2D eigenvalue weighted by Crippen LogP contribution is 2.18. The third kappa shape index (κ3) is 4.83. The number of carboxylic acids is 1. The maximum atomic E-state index is 11.0. The van der Waals surface area contributed by atoms with Crippen molar-refractivity contribution in [2.45, 2.75) is 44.8 Å². The predicted molar refractivity (Wildman–Crippen MR) is 82.4 cm³/mol. The number of carboxylic acid groups (broad SMARTS) is 1. The van der Waals surface area contributed by atoms with Crippen LogP contribution in [-0.4, -0.2) is 42.3 Å². The van der Waals surface area contributed by atoms with Crippen LogP contribution in [0.1, 0.15) is 43.2 Å². The molecule has 116 valence electrons. The fourth-order valence-electron chi connectivity index (χ4n) is 2.73. The van der Waals surface area contributed by atoms with Gasteiger partial charge in [-0.05, 0) is 44.4 Å². The summed E-state index contributed by atoms with van der Waals surface area (Å²) in [5.74, 6) is -1.23. The summed E-state index contributed by atoms with van der Waals surface area (Å²) in [5, 5.41) is 9.01. The number of likely N-dealkylation sites (N-methyl/N-ethyl adjacent to an activating group) is 1. The summed E-state index contributed by atoms with van der Waals surface area (Å²) in [5.41, 5.74) is 2.05. The Morgan fingerprint density at radius 1 is 1.38 bits per heavy atom. The number of rotatable bonds is 6. The minimum atomic E-state index is -0.783. The van der Waals surface area contributed by atoms with Crippen molar-refractivity contribution in [2.24, 2.45) is 0 Å². The number of benzene rings is 1. The maximum Gasteiger partial charge on any atom is 0.310 e. The van der Waals surface area contributed by atoms with E-state index in [-0.39, 0.29) is 0 Å². The largest absolute Gasteiger partial charge is 0.481 e. The molecule has 0 bridgehead atoms. The molecule has 1 heterocycles. The maximum absolute atomic E-state index is 11.0. The first-order valence-corrected chi connectivity index (χ1v) is 7.68. The van der Waals surface area contributed by atoms with Gasteiger partial charge in [-0.25, -0.2) is 0 Å². The van der Waals surface area contributed by atoms with Crippen LogP contribution in [0.3, 0.4) is 0 Å². The van der Waals surface area contributed by atoms with Crippen molar-refractivity contribution >= 4 is 5.97 Å². The van der Waals surface area contributed by atoms with Crippen LogP contribution >= 0.6 is 0 Å². The second-order valence-corrected chi connectivity index (χ2v) is 5.99. The van der Waals surface area contributed by atoms with Crippen LogP contribution in [0.25, 0.3) is 0 Å². The molecule has 1 aliphatic rings. The van der Waals surface area contributed by atoms with Crippen LogP contribution in [0.15, 0.2) is 24.3 Å². The van der Waals surface area contributed by atoms with Crippen molar-refractivity contribution in [2.75, 3.05) is 20.2 Å². The molecule has 0 radical (unpaired) electrons. The van der Waals surface area contributed by atoms with Gasteiger partial charge >= 0.3 is 5.97 Å². The first-order valence-electron chi connectivity index (χ1n) is 7.68. The Morgan fingerprint density at radius 2 is 2.10 bits per heavy atom. The van der Waals surface area contributed by atoms with Crippen LogP contribution in [-0.2, 0) is 16.1 Å². The zero-order chi connectivity index (χ0) is 15.2. The molecule has 1 aromatic rings. The average molecular weight is 291 g/mol. The molecule has 21 heavy (non-hydrogen) atoms. The van der Waals surface area contributed by atoms with Crippen molar-refractivity contribution in [3.05, 3.63) is 35.4 Å². The van der Waals surface area contributed by atoms with Crippen LogP contribution in [0.4, 0.5) is 0 Å². The van der Waals surface area contributed by atoms with Gasteiger partial charge in [0.05, 0.1) is 12.0 Å². The van der Waals surface area contributed by atoms with Crippen molar-refractivity contribution in [1.29, 1.82) is 0 Å². The normalized spacial score (nSPS) is 20.4. The molecule has 0 aliphatic carbocycles. The summed E-state index contributed by atoms with van der Waals surface area (Å²) < 4.78 is 5.76. The second kappa shape index (κ2) is 7.57. The van der Waals surface area contributed by atoms with Crippen LogP contribution in [0.5, 0.6) is 0 Å². The number of hydrogen-bond acceptors (Lipinski definition) is 3. The van der Waals surface area contributed by atoms with Gasteiger partial charge in [0.25, 0.3) is 0 Å². The molecule has 4 heteroatoms. The van der Waals surface area contributed by atoms with Gasteiger partial charge in [-0.1, -0.05) is 24.3 Å². The topological polar surface area (TPSA) is 49.8 Å². The average Bonchev–Trinajstić information content (AvgIpc) is 2.48. The van der Waals surface area contributed by atoms with Gasteiger partial charge in [-0.15, -0.1) is 0 Å². The number of aliphatic carboxylic acids is 1. The molecule has 1 aliphatic heterocycles. The number of hydrogen-bond donors (Lipinski definition) is 1. The minimum Gasteiger partial charge on any atom is -0.481 e. The highest BCUT2D eigenvalue weighted by atomic mass is 16.5. The van der Waals surface area contributed by atoms with E-state index in [1.807, 2.05) is 24.3 Å². The number of carbonyl (C=O) groups is 1. The summed E-state index contributed by atoms with van der Waals surface area (Å²) in [4.78, 5) is 13.2. The Kier molecular flexibility index (Phi) is 5.76. The van der Waals surface area contributed by atoms with Gasteiger partial charge in [0.1, 0.15) is 0 Å². The van der Waals surface area contributed by atoms with Crippen LogP contribution < -0.4 is 0 Å². The number of ether oxygens (including phenoxy) is 1. The lowest BCUT2D eigenvalue weighted by atomic mass is 10.00.